The van der Waals surface area contributed by atoms with Gasteiger partial charge in [-0.25, -0.2) is 9.37 Å². The summed E-state index contributed by atoms with van der Waals surface area (Å²) in [5.74, 6) is -0.416. The summed E-state index contributed by atoms with van der Waals surface area (Å²) in [7, 11) is 0. The van der Waals surface area contributed by atoms with Crippen molar-refractivity contribution in [3.05, 3.63) is 59.5 Å². The molecular formula is C14H12FN3OS. The number of carbonyl (C=O) groups excluding carboxylic acids is 1. The van der Waals surface area contributed by atoms with Gasteiger partial charge in [0.15, 0.2) is 5.11 Å². The molecule has 1 aromatic carbocycles. The molecular weight excluding hydrogens is 277 g/mol. The van der Waals surface area contributed by atoms with Crippen LogP contribution in [0, 0.1) is 12.7 Å². The number of halogens is 1. The van der Waals surface area contributed by atoms with Crippen LogP contribution in [-0.4, -0.2) is 16.0 Å². The summed E-state index contributed by atoms with van der Waals surface area (Å²) >= 11 is 5.01. The Morgan fingerprint density at radius 2 is 2.00 bits per heavy atom. The van der Waals surface area contributed by atoms with Crippen LogP contribution in [0.1, 0.15) is 16.1 Å². The second-order valence-electron chi connectivity index (χ2n) is 4.08. The monoisotopic (exact) mass is 289 g/mol. The van der Waals surface area contributed by atoms with Crippen molar-refractivity contribution < 1.29 is 9.18 Å². The van der Waals surface area contributed by atoms with E-state index < -0.39 is 11.7 Å². The highest BCUT2D eigenvalue weighted by Gasteiger charge is 2.08. The molecule has 0 saturated heterocycles. The SMILES string of the molecule is Cc1cccc(NC(=S)NC(=O)c2cccc(F)c2)n1. The van der Waals surface area contributed by atoms with E-state index in [0.717, 1.165) is 11.8 Å². The van der Waals surface area contributed by atoms with E-state index in [9.17, 15) is 9.18 Å². The van der Waals surface area contributed by atoms with Crippen LogP contribution in [0.5, 0.6) is 0 Å². The quantitative estimate of drug-likeness (QED) is 0.835. The third kappa shape index (κ3) is 3.83. The lowest BCUT2D eigenvalue weighted by Crippen LogP contribution is -2.34. The molecule has 0 aliphatic heterocycles. The Bertz CT molecular complexity index is 660. The number of anilines is 1. The predicted octanol–water partition coefficient (Wildman–Crippen LogP) is 2.66. The largest absolute Gasteiger partial charge is 0.317 e. The fourth-order valence-electron chi connectivity index (χ4n) is 1.57. The highest BCUT2D eigenvalue weighted by molar-refractivity contribution is 7.80. The summed E-state index contributed by atoms with van der Waals surface area (Å²) in [6.07, 6.45) is 0. The summed E-state index contributed by atoms with van der Waals surface area (Å²) in [5.41, 5.74) is 1.03. The van der Waals surface area contributed by atoms with Gasteiger partial charge in [0, 0.05) is 11.3 Å². The third-order valence-electron chi connectivity index (χ3n) is 2.44. The number of benzene rings is 1. The van der Waals surface area contributed by atoms with Gasteiger partial charge in [-0.2, -0.15) is 0 Å². The fourth-order valence-corrected chi connectivity index (χ4v) is 1.76. The molecule has 0 saturated carbocycles. The van der Waals surface area contributed by atoms with Gasteiger partial charge in [-0.15, -0.1) is 0 Å². The molecule has 0 spiro atoms. The van der Waals surface area contributed by atoms with Crippen LogP contribution in [-0.2, 0) is 0 Å². The van der Waals surface area contributed by atoms with E-state index in [-0.39, 0.29) is 10.7 Å². The molecule has 2 rings (SSSR count). The predicted molar refractivity (Wildman–Crippen MR) is 79.1 cm³/mol. The molecule has 1 heterocycles. The van der Waals surface area contributed by atoms with Gasteiger partial charge >= 0.3 is 0 Å². The van der Waals surface area contributed by atoms with E-state index in [1.807, 2.05) is 19.1 Å². The molecule has 6 heteroatoms. The third-order valence-corrected chi connectivity index (χ3v) is 2.65. The van der Waals surface area contributed by atoms with Crippen molar-refractivity contribution in [3.8, 4) is 0 Å². The van der Waals surface area contributed by atoms with E-state index >= 15 is 0 Å². The normalized spacial score (nSPS) is 9.90. The van der Waals surface area contributed by atoms with Crippen LogP contribution in [0.15, 0.2) is 42.5 Å². The van der Waals surface area contributed by atoms with Crippen molar-refractivity contribution in [3.63, 3.8) is 0 Å². The van der Waals surface area contributed by atoms with Crippen molar-refractivity contribution in [1.82, 2.24) is 10.3 Å². The van der Waals surface area contributed by atoms with Crippen LogP contribution in [0.2, 0.25) is 0 Å². The number of hydrogen-bond donors (Lipinski definition) is 2. The number of hydrogen-bond acceptors (Lipinski definition) is 3. The Labute approximate surface area is 121 Å². The number of nitrogens with one attached hydrogen (secondary N) is 2. The van der Waals surface area contributed by atoms with Crippen LogP contribution in [0.3, 0.4) is 0 Å². The molecule has 20 heavy (non-hydrogen) atoms. The molecule has 1 amide bonds. The second kappa shape index (κ2) is 6.21. The zero-order chi connectivity index (χ0) is 14.5. The fraction of sp³-hybridized carbons (Fsp3) is 0.0714. The van der Waals surface area contributed by atoms with Gasteiger partial charge in [-0.05, 0) is 49.5 Å². The van der Waals surface area contributed by atoms with Crippen LogP contribution >= 0.6 is 12.2 Å². The Balaban J connectivity index is 1.99. The molecule has 0 aliphatic rings. The smallest absolute Gasteiger partial charge is 0.257 e. The lowest BCUT2D eigenvalue weighted by atomic mass is 10.2. The number of aryl methyl sites for hydroxylation is 1. The van der Waals surface area contributed by atoms with Gasteiger partial charge in [0.25, 0.3) is 5.91 Å². The van der Waals surface area contributed by atoms with Crippen LogP contribution in [0.4, 0.5) is 10.2 Å². The minimum atomic E-state index is -0.477. The summed E-state index contributed by atoms with van der Waals surface area (Å²) in [6, 6.07) is 10.8. The van der Waals surface area contributed by atoms with Gasteiger partial charge in [0.2, 0.25) is 0 Å². The lowest BCUT2D eigenvalue weighted by molar-refractivity contribution is 0.0977. The van der Waals surface area contributed by atoms with Gasteiger partial charge in [0.1, 0.15) is 11.6 Å². The maximum Gasteiger partial charge on any atom is 0.257 e. The van der Waals surface area contributed by atoms with E-state index in [2.05, 4.69) is 15.6 Å². The topological polar surface area (TPSA) is 54.0 Å². The molecule has 0 fully saturated rings. The standard InChI is InChI=1S/C14H12FN3OS/c1-9-4-2-7-12(16-9)17-14(20)18-13(19)10-5-3-6-11(15)8-10/h2-8H,1H3,(H2,16,17,18,19,20). The average molecular weight is 289 g/mol. The van der Waals surface area contributed by atoms with Crippen LogP contribution < -0.4 is 10.6 Å². The summed E-state index contributed by atoms with van der Waals surface area (Å²) < 4.78 is 13.0. The van der Waals surface area contributed by atoms with Crippen molar-refractivity contribution in [1.29, 1.82) is 0 Å². The average Bonchev–Trinajstić information content (AvgIpc) is 2.38. The maximum atomic E-state index is 13.0. The molecule has 2 N–H and O–H groups in total. The molecule has 0 radical (unpaired) electrons. The van der Waals surface area contributed by atoms with E-state index in [4.69, 9.17) is 12.2 Å². The number of nitrogens with zero attached hydrogens (tertiary/aromatic N) is 1. The molecule has 1 aromatic heterocycles. The molecule has 2 aromatic rings. The van der Waals surface area contributed by atoms with Crippen molar-refractivity contribution in [2.24, 2.45) is 0 Å². The molecule has 0 atom stereocenters. The Hall–Kier alpha value is -2.34. The number of pyridine rings is 1. The summed E-state index contributed by atoms with van der Waals surface area (Å²) in [6.45, 7) is 1.85. The second-order valence-corrected chi connectivity index (χ2v) is 4.49. The first-order valence-corrected chi connectivity index (χ1v) is 6.27. The Morgan fingerprint density at radius 3 is 2.70 bits per heavy atom. The van der Waals surface area contributed by atoms with E-state index in [0.29, 0.717) is 5.82 Å². The minimum absolute atomic E-state index is 0.109. The minimum Gasteiger partial charge on any atom is -0.317 e. The first-order chi connectivity index (χ1) is 9.54. The molecule has 102 valence electrons. The lowest BCUT2D eigenvalue weighted by Gasteiger charge is -2.09. The van der Waals surface area contributed by atoms with Crippen molar-refractivity contribution in [2.45, 2.75) is 6.92 Å². The van der Waals surface area contributed by atoms with Gasteiger partial charge in [-0.1, -0.05) is 12.1 Å². The van der Waals surface area contributed by atoms with Crippen molar-refractivity contribution >= 4 is 29.1 Å². The summed E-state index contributed by atoms with van der Waals surface area (Å²) in [5, 5.41) is 5.37. The zero-order valence-electron chi connectivity index (χ0n) is 10.7. The molecule has 4 nitrogen and oxygen atoms in total. The van der Waals surface area contributed by atoms with Gasteiger partial charge < -0.3 is 5.32 Å². The molecule has 0 bridgehead atoms. The highest BCUT2D eigenvalue weighted by atomic mass is 32.1. The first-order valence-electron chi connectivity index (χ1n) is 5.86. The Kier molecular flexibility index (Phi) is 4.37. The van der Waals surface area contributed by atoms with Gasteiger partial charge in [-0.3, -0.25) is 10.1 Å². The molecule has 0 unspecified atom stereocenters. The Morgan fingerprint density at radius 1 is 1.25 bits per heavy atom. The maximum absolute atomic E-state index is 13.0. The van der Waals surface area contributed by atoms with Crippen LogP contribution in [0.25, 0.3) is 0 Å². The van der Waals surface area contributed by atoms with E-state index in [1.165, 1.54) is 18.2 Å². The zero-order valence-corrected chi connectivity index (χ0v) is 11.5. The number of amides is 1. The van der Waals surface area contributed by atoms with Gasteiger partial charge in [0.05, 0.1) is 0 Å². The van der Waals surface area contributed by atoms with Crippen molar-refractivity contribution in [2.75, 3.05) is 5.32 Å². The summed E-state index contributed by atoms with van der Waals surface area (Å²) in [4.78, 5) is 16.0. The molecule has 0 aliphatic carbocycles. The number of aromatic nitrogens is 1. The highest BCUT2D eigenvalue weighted by Crippen LogP contribution is 2.05. The van der Waals surface area contributed by atoms with E-state index in [1.54, 1.807) is 6.07 Å². The number of carbonyl (C=O) groups is 1. The number of rotatable bonds is 2. The number of thiocarbonyl (C=S) groups is 1. The first kappa shape index (κ1) is 14.1.